The van der Waals surface area contributed by atoms with Crippen LogP contribution in [-0.2, 0) is 9.59 Å². The van der Waals surface area contributed by atoms with E-state index in [1.54, 1.807) is 6.07 Å². The van der Waals surface area contributed by atoms with Crippen molar-refractivity contribution in [2.75, 3.05) is 11.9 Å². The van der Waals surface area contributed by atoms with Gasteiger partial charge in [-0.05, 0) is 60.2 Å². The number of hydrogen-bond acceptors (Lipinski definition) is 3. The number of hydrogen-bond donors (Lipinski definition) is 3. The Hall–Kier alpha value is -1.15. The highest BCUT2D eigenvalue weighted by Crippen LogP contribution is 2.17. The standard InChI is InChI=1S/C12H15IN2O3/c1-7-5-9(13)3-4-10(7)15-12(18)11(17)14-6-8(2)16/h3-5,8,16H,6H2,1-2H3,(H,14,17)(H,15,18). The van der Waals surface area contributed by atoms with Gasteiger partial charge in [0.2, 0.25) is 0 Å². The lowest BCUT2D eigenvalue weighted by Crippen LogP contribution is -2.38. The van der Waals surface area contributed by atoms with Crippen molar-refractivity contribution in [2.24, 2.45) is 0 Å². The van der Waals surface area contributed by atoms with E-state index in [1.165, 1.54) is 6.92 Å². The van der Waals surface area contributed by atoms with E-state index in [1.807, 2.05) is 19.1 Å². The molecule has 1 rings (SSSR count). The zero-order valence-electron chi connectivity index (χ0n) is 10.2. The number of halogens is 1. The molecule has 0 fully saturated rings. The summed E-state index contributed by atoms with van der Waals surface area (Å²) in [6, 6.07) is 5.50. The third-order valence-electron chi connectivity index (χ3n) is 2.20. The van der Waals surface area contributed by atoms with Crippen LogP contribution >= 0.6 is 22.6 Å². The van der Waals surface area contributed by atoms with Crippen molar-refractivity contribution in [3.05, 3.63) is 27.3 Å². The summed E-state index contributed by atoms with van der Waals surface area (Å²) in [4.78, 5) is 22.9. The molecule has 98 valence electrons. The van der Waals surface area contributed by atoms with Gasteiger partial charge in [-0.1, -0.05) is 0 Å². The summed E-state index contributed by atoms with van der Waals surface area (Å²) in [6.07, 6.45) is -0.679. The summed E-state index contributed by atoms with van der Waals surface area (Å²) >= 11 is 2.17. The first-order valence-corrected chi connectivity index (χ1v) is 6.51. The van der Waals surface area contributed by atoms with Crippen molar-refractivity contribution in [2.45, 2.75) is 20.0 Å². The first kappa shape index (κ1) is 14.9. The average Bonchev–Trinajstić information content (AvgIpc) is 2.29. The first-order chi connectivity index (χ1) is 8.40. The Kier molecular flexibility index (Phi) is 5.54. The van der Waals surface area contributed by atoms with Gasteiger partial charge < -0.3 is 15.7 Å². The lowest BCUT2D eigenvalue weighted by atomic mass is 10.2. The molecule has 1 unspecified atom stereocenters. The number of carbonyl (C=O) groups excluding carboxylic acids is 2. The van der Waals surface area contributed by atoms with Crippen LogP contribution in [0.15, 0.2) is 18.2 Å². The second kappa shape index (κ2) is 6.69. The molecule has 1 aromatic rings. The van der Waals surface area contributed by atoms with Crippen molar-refractivity contribution >= 4 is 40.1 Å². The lowest BCUT2D eigenvalue weighted by molar-refractivity contribution is -0.136. The average molecular weight is 362 g/mol. The number of rotatable bonds is 3. The summed E-state index contributed by atoms with van der Waals surface area (Å²) < 4.78 is 1.06. The number of aliphatic hydroxyl groups is 1. The SMILES string of the molecule is Cc1cc(I)ccc1NC(=O)C(=O)NCC(C)O. The van der Waals surface area contributed by atoms with Gasteiger partial charge in [-0.2, -0.15) is 0 Å². The van der Waals surface area contributed by atoms with E-state index in [0.717, 1.165) is 9.13 Å². The molecular formula is C12H15IN2O3. The molecule has 2 amide bonds. The highest BCUT2D eigenvalue weighted by Gasteiger charge is 2.14. The van der Waals surface area contributed by atoms with Crippen LogP contribution in [0.5, 0.6) is 0 Å². The third-order valence-corrected chi connectivity index (χ3v) is 2.87. The van der Waals surface area contributed by atoms with Crippen molar-refractivity contribution in [3.8, 4) is 0 Å². The minimum Gasteiger partial charge on any atom is -0.392 e. The van der Waals surface area contributed by atoms with Crippen LogP contribution in [0.2, 0.25) is 0 Å². The normalized spacial score (nSPS) is 11.8. The number of carbonyl (C=O) groups is 2. The topological polar surface area (TPSA) is 78.4 Å². The molecule has 1 aromatic carbocycles. The minimum atomic E-state index is -0.756. The molecule has 0 aliphatic rings. The Labute approximate surface area is 119 Å². The van der Waals surface area contributed by atoms with Crippen LogP contribution in [0, 0.1) is 10.5 Å². The molecule has 3 N–H and O–H groups in total. The highest BCUT2D eigenvalue weighted by molar-refractivity contribution is 14.1. The molecule has 6 heteroatoms. The number of anilines is 1. The summed E-state index contributed by atoms with van der Waals surface area (Å²) in [6.45, 7) is 3.44. The molecule has 0 radical (unpaired) electrons. The Morgan fingerprint density at radius 3 is 2.61 bits per heavy atom. The predicted molar refractivity (Wildman–Crippen MR) is 77.2 cm³/mol. The van der Waals surface area contributed by atoms with Crippen LogP contribution in [0.3, 0.4) is 0 Å². The van der Waals surface area contributed by atoms with E-state index in [0.29, 0.717) is 5.69 Å². The quantitative estimate of drug-likeness (QED) is 0.555. The van der Waals surface area contributed by atoms with Gasteiger partial charge in [-0.3, -0.25) is 9.59 Å². The van der Waals surface area contributed by atoms with Crippen molar-refractivity contribution in [3.63, 3.8) is 0 Å². The smallest absolute Gasteiger partial charge is 0.313 e. The molecule has 0 aliphatic heterocycles. The van der Waals surface area contributed by atoms with E-state index < -0.39 is 17.9 Å². The van der Waals surface area contributed by atoms with Crippen molar-refractivity contribution in [1.29, 1.82) is 0 Å². The number of amides is 2. The van der Waals surface area contributed by atoms with Gasteiger partial charge in [0.15, 0.2) is 0 Å². The summed E-state index contributed by atoms with van der Waals surface area (Å²) in [7, 11) is 0. The first-order valence-electron chi connectivity index (χ1n) is 5.43. The maximum atomic E-state index is 11.6. The molecule has 18 heavy (non-hydrogen) atoms. The monoisotopic (exact) mass is 362 g/mol. The number of nitrogens with one attached hydrogen (secondary N) is 2. The summed E-state index contributed by atoms with van der Waals surface area (Å²) in [5.74, 6) is -1.49. The predicted octanol–water partition coefficient (Wildman–Crippen LogP) is 1.04. The second-order valence-corrected chi connectivity index (χ2v) is 5.22. The second-order valence-electron chi connectivity index (χ2n) is 3.97. The fourth-order valence-corrected chi connectivity index (χ4v) is 1.91. The number of aliphatic hydroxyl groups excluding tert-OH is 1. The molecule has 1 atom stereocenters. The Morgan fingerprint density at radius 2 is 2.06 bits per heavy atom. The van der Waals surface area contributed by atoms with Crippen LogP contribution in [0.1, 0.15) is 12.5 Å². The summed E-state index contributed by atoms with van der Waals surface area (Å²) in [5.41, 5.74) is 1.49. The summed E-state index contributed by atoms with van der Waals surface area (Å²) in [5, 5.41) is 13.9. The minimum absolute atomic E-state index is 0.0535. The van der Waals surface area contributed by atoms with Crippen LogP contribution in [-0.4, -0.2) is 29.6 Å². The van der Waals surface area contributed by atoms with Gasteiger partial charge in [-0.25, -0.2) is 0 Å². The Bertz CT molecular complexity index is 461. The van der Waals surface area contributed by atoms with Crippen molar-refractivity contribution < 1.29 is 14.7 Å². The van der Waals surface area contributed by atoms with Gasteiger partial charge >= 0.3 is 11.8 Å². The van der Waals surface area contributed by atoms with Gasteiger partial charge in [0.05, 0.1) is 6.10 Å². The zero-order valence-corrected chi connectivity index (χ0v) is 12.3. The van der Waals surface area contributed by atoms with Gasteiger partial charge in [0.1, 0.15) is 0 Å². The van der Waals surface area contributed by atoms with Gasteiger partial charge in [0, 0.05) is 15.8 Å². The maximum Gasteiger partial charge on any atom is 0.313 e. The molecule has 0 bridgehead atoms. The maximum absolute atomic E-state index is 11.6. The molecule has 0 saturated carbocycles. The third kappa shape index (κ3) is 4.61. The van der Waals surface area contributed by atoms with E-state index in [-0.39, 0.29) is 6.54 Å². The van der Waals surface area contributed by atoms with Gasteiger partial charge in [-0.15, -0.1) is 0 Å². The molecule has 5 nitrogen and oxygen atoms in total. The fourth-order valence-electron chi connectivity index (χ4n) is 1.27. The van der Waals surface area contributed by atoms with Crippen LogP contribution in [0.4, 0.5) is 5.69 Å². The molecule has 0 spiro atoms. The van der Waals surface area contributed by atoms with E-state index in [9.17, 15) is 9.59 Å². The van der Waals surface area contributed by atoms with Crippen molar-refractivity contribution in [1.82, 2.24) is 5.32 Å². The fraction of sp³-hybridized carbons (Fsp3) is 0.333. The highest BCUT2D eigenvalue weighted by atomic mass is 127. The van der Waals surface area contributed by atoms with Gasteiger partial charge in [0.25, 0.3) is 0 Å². The van der Waals surface area contributed by atoms with Crippen LogP contribution < -0.4 is 10.6 Å². The largest absolute Gasteiger partial charge is 0.392 e. The van der Waals surface area contributed by atoms with Crippen LogP contribution in [0.25, 0.3) is 0 Å². The Morgan fingerprint density at radius 1 is 1.39 bits per heavy atom. The molecule has 0 aromatic heterocycles. The number of aryl methyl sites for hydroxylation is 1. The molecule has 0 heterocycles. The van der Waals surface area contributed by atoms with E-state index >= 15 is 0 Å². The molecule has 0 saturated heterocycles. The number of benzene rings is 1. The van der Waals surface area contributed by atoms with E-state index in [4.69, 9.17) is 5.11 Å². The van der Waals surface area contributed by atoms with E-state index in [2.05, 4.69) is 33.2 Å². The molecular weight excluding hydrogens is 347 g/mol. The molecule has 0 aliphatic carbocycles. The Balaban J connectivity index is 2.61. The lowest BCUT2D eigenvalue weighted by Gasteiger charge is -2.09. The zero-order chi connectivity index (χ0) is 13.7.